The molecule has 1 aromatic heterocycles. The van der Waals surface area contributed by atoms with E-state index in [9.17, 15) is 31.2 Å². The van der Waals surface area contributed by atoms with Gasteiger partial charge in [0, 0.05) is 18.3 Å². The molecule has 218 valence electrons. The molecule has 5 rings (SSSR count). The van der Waals surface area contributed by atoms with E-state index in [1.807, 2.05) is 0 Å². The molecule has 0 fully saturated rings. The Morgan fingerprint density at radius 2 is 1.79 bits per heavy atom. The molecular formula is C28H21ClF3N3O6S. The number of carboxylic acids is 1. The number of sulfone groups is 1. The number of halogens is 4. The van der Waals surface area contributed by atoms with Crippen LogP contribution < -0.4 is 9.64 Å². The molecule has 14 heteroatoms. The fraction of sp³-hybridized carbons (Fsp3) is 0.179. The number of alkyl halides is 3. The molecule has 2 heterocycles. The minimum atomic E-state index is -4.89. The largest absolute Gasteiger partial charge is 0.487 e. The van der Waals surface area contributed by atoms with Crippen LogP contribution in [0.5, 0.6) is 5.75 Å². The number of aromatic nitrogens is 2. The predicted octanol–water partition coefficient (Wildman–Crippen LogP) is 5.43. The van der Waals surface area contributed by atoms with Gasteiger partial charge in [-0.25, -0.2) is 17.9 Å². The van der Waals surface area contributed by atoms with Crippen LogP contribution in [-0.2, 0) is 29.0 Å². The minimum absolute atomic E-state index is 0.00209. The maximum atomic E-state index is 13.7. The zero-order valence-corrected chi connectivity index (χ0v) is 23.3. The number of carbonyl (C=O) groups is 2. The van der Waals surface area contributed by atoms with E-state index in [0.717, 1.165) is 4.68 Å². The molecule has 0 saturated heterocycles. The van der Waals surface area contributed by atoms with Gasteiger partial charge in [0.05, 0.1) is 26.9 Å². The third kappa shape index (κ3) is 5.57. The van der Waals surface area contributed by atoms with Gasteiger partial charge < -0.3 is 14.7 Å². The number of nitrogens with zero attached hydrogens (tertiary/aromatic N) is 3. The van der Waals surface area contributed by atoms with Crippen LogP contribution in [0, 0.1) is 0 Å². The van der Waals surface area contributed by atoms with Gasteiger partial charge >= 0.3 is 12.1 Å². The summed E-state index contributed by atoms with van der Waals surface area (Å²) in [5, 5.41) is 12.0. The number of hydrogen-bond donors (Lipinski definition) is 1. The summed E-state index contributed by atoms with van der Waals surface area (Å²) >= 11 is 6.11. The molecule has 0 spiro atoms. The molecule has 0 atom stereocenters. The summed E-state index contributed by atoms with van der Waals surface area (Å²) in [6, 6.07) is 15.7. The van der Waals surface area contributed by atoms with Crippen LogP contribution in [0.2, 0.25) is 5.02 Å². The first-order valence-corrected chi connectivity index (χ1v) is 14.3. The molecule has 1 aliphatic heterocycles. The third-order valence-corrected chi connectivity index (χ3v) is 8.91. The van der Waals surface area contributed by atoms with Gasteiger partial charge in [-0.15, -0.1) is 0 Å². The number of ether oxygens (including phenoxy) is 1. The van der Waals surface area contributed by atoms with E-state index in [1.165, 1.54) is 66.5 Å². The molecule has 3 aromatic carbocycles. The molecule has 0 aliphatic carbocycles. The summed E-state index contributed by atoms with van der Waals surface area (Å²) < 4.78 is 72.4. The highest BCUT2D eigenvalue weighted by atomic mass is 35.5. The lowest BCUT2D eigenvalue weighted by molar-refractivity contribution is -0.141. The first-order chi connectivity index (χ1) is 19.8. The number of aromatic carboxylic acids is 1. The average Bonchev–Trinajstić information content (AvgIpc) is 3.46. The van der Waals surface area contributed by atoms with Crippen molar-refractivity contribution in [3.63, 3.8) is 0 Å². The summed E-state index contributed by atoms with van der Waals surface area (Å²) in [6.45, 7) is -0.462. The maximum Gasteiger partial charge on any atom is 0.436 e. The third-order valence-electron chi connectivity index (χ3n) is 6.72. The number of anilines is 1. The summed E-state index contributed by atoms with van der Waals surface area (Å²) in [5.41, 5.74) is -0.329. The molecule has 0 unspecified atom stereocenters. The number of benzene rings is 3. The van der Waals surface area contributed by atoms with E-state index >= 15 is 0 Å². The second-order valence-corrected chi connectivity index (χ2v) is 11.9. The molecule has 0 bridgehead atoms. The van der Waals surface area contributed by atoms with Crippen molar-refractivity contribution in [1.29, 1.82) is 0 Å². The van der Waals surface area contributed by atoms with Gasteiger partial charge in [-0.1, -0.05) is 23.7 Å². The van der Waals surface area contributed by atoms with Gasteiger partial charge in [-0.3, -0.25) is 4.79 Å². The van der Waals surface area contributed by atoms with Gasteiger partial charge in [0.25, 0.3) is 5.91 Å². The summed E-state index contributed by atoms with van der Waals surface area (Å²) in [4.78, 5) is 25.9. The summed E-state index contributed by atoms with van der Waals surface area (Å²) in [6.07, 6.45) is -4.49. The fourth-order valence-corrected chi connectivity index (χ4v) is 6.34. The Labute approximate surface area is 242 Å². The highest BCUT2D eigenvalue weighted by Crippen LogP contribution is 2.37. The van der Waals surface area contributed by atoms with Gasteiger partial charge in [-0.2, -0.15) is 18.3 Å². The van der Waals surface area contributed by atoms with Crippen molar-refractivity contribution in [3.05, 3.63) is 99.8 Å². The number of rotatable bonds is 7. The number of amides is 1. The van der Waals surface area contributed by atoms with E-state index in [1.54, 1.807) is 12.1 Å². The van der Waals surface area contributed by atoms with Crippen molar-refractivity contribution in [2.75, 3.05) is 17.7 Å². The topological polar surface area (TPSA) is 119 Å². The molecule has 42 heavy (non-hydrogen) atoms. The Kier molecular flexibility index (Phi) is 7.50. The van der Waals surface area contributed by atoms with E-state index in [2.05, 4.69) is 5.10 Å². The van der Waals surface area contributed by atoms with Crippen LogP contribution in [-0.4, -0.2) is 48.0 Å². The lowest BCUT2D eigenvalue weighted by atomic mass is 10.1. The van der Waals surface area contributed by atoms with Gasteiger partial charge in [-0.05, 0) is 66.6 Å². The summed E-state index contributed by atoms with van der Waals surface area (Å²) in [5.74, 6) is -1.52. The average molecular weight is 620 g/mol. The standard InChI is InChI=1S/C28H21ClF3N3O6S/c1-34(19-8-5-16-11-12-42(39,40)23(16)14-19)26(36)18-3-2-4-20(13-18)35-22(24(29)25(33-35)28(30,31)32)15-41-21-9-6-17(7-10-21)27(37)38/h2-10,13-14H,11-12,15H2,1H3,(H,37,38). The molecule has 4 aromatic rings. The Morgan fingerprint density at radius 3 is 2.45 bits per heavy atom. The van der Waals surface area contributed by atoms with Crippen molar-refractivity contribution in [2.45, 2.75) is 24.1 Å². The first-order valence-electron chi connectivity index (χ1n) is 12.3. The normalized spacial score (nSPS) is 13.9. The number of aryl methyl sites for hydroxylation is 1. The highest BCUT2D eigenvalue weighted by Gasteiger charge is 2.39. The Hall–Kier alpha value is -4.36. The Bertz CT molecular complexity index is 1820. The maximum absolute atomic E-state index is 13.7. The monoisotopic (exact) mass is 619 g/mol. The van der Waals surface area contributed by atoms with E-state index in [0.29, 0.717) is 17.7 Å². The molecule has 9 nitrogen and oxygen atoms in total. The Morgan fingerprint density at radius 1 is 1.07 bits per heavy atom. The smallest absolute Gasteiger partial charge is 0.436 e. The zero-order valence-electron chi connectivity index (χ0n) is 21.7. The zero-order chi connectivity index (χ0) is 30.4. The van der Waals surface area contributed by atoms with Crippen molar-refractivity contribution < 1.29 is 41.0 Å². The second-order valence-electron chi connectivity index (χ2n) is 9.41. The van der Waals surface area contributed by atoms with Crippen LogP contribution in [0.25, 0.3) is 5.69 Å². The molecular weight excluding hydrogens is 599 g/mol. The highest BCUT2D eigenvalue weighted by molar-refractivity contribution is 7.91. The fourth-order valence-electron chi connectivity index (χ4n) is 4.48. The lowest BCUT2D eigenvalue weighted by Gasteiger charge is -2.19. The van der Waals surface area contributed by atoms with E-state index < -0.39 is 45.2 Å². The van der Waals surface area contributed by atoms with Crippen LogP contribution in [0.15, 0.2) is 71.6 Å². The van der Waals surface area contributed by atoms with Crippen molar-refractivity contribution in [1.82, 2.24) is 9.78 Å². The second kappa shape index (κ2) is 10.8. The van der Waals surface area contributed by atoms with Crippen molar-refractivity contribution >= 4 is 39.0 Å². The summed E-state index contributed by atoms with van der Waals surface area (Å²) in [7, 11) is -1.98. The molecule has 0 radical (unpaired) electrons. The molecule has 1 amide bonds. The van der Waals surface area contributed by atoms with Crippen molar-refractivity contribution in [2.24, 2.45) is 0 Å². The SMILES string of the molecule is CN(C(=O)c1cccc(-n2nc(C(F)(F)F)c(Cl)c2COc2ccc(C(=O)O)cc2)c1)c1ccc2c(c1)S(=O)(=O)CC2. The molecule has 0 saturated carbocycles. The van der Waals surface area contributed by atoms with Gasteiger partial charge in [0.2, 0.25) is 0 Å². The molecule has 1 aliphatic rings. The first kappa shape index (κ1) is 29.1. The van der Waals surface area contributed by atoms with Crippen LogP contribution in [0.3, 0.4) is 0 Å². The Balaban J connectivity index is 1.47. The van der Waals surface area contributed by atoms with Crippen molar-refractivity contribution in [3.8, 4) is 11.4 Å². The number of carboxylic acid groups (broad SMARTS) is 1. The number of carbonyl (C=O) groups excluding carboxylic acids is 1. The van der Waals surface area contributed by atoms with Gasteiger partial charge in [0.15, 0.2) is 15.5 Å². The quantitative estimate of drug-likeness (QED) is 0.293. The number of hydrogen-bond acceptors (Lipinski definition) is 6. The lowest BCUT2D eigenvalue weighted by Crippen LogP contribution is -2.26. The van der Waals surface area contributed by atoms with E-state index in [-0.39, 0.29) is 38.9 Å². The van der Waals surface area contributed by atoms with Gasteiger partial charge in [0.1, 0.15) is 18.1 Å². The van der Waals surface area contributed by atoms with E-state index in [4.69, 9.17) is 21.4 Å². The van der Waals surface area contributed by atoms with Crippen LogP contribution >= 0.6 is 11.6 Å². The predicted molar refractivity (Wildman–Crippen MR) is 146 cm³/mol. The number of fused-ring (bicyclic) bond motifs is 1. The minimum Gasteiger partial charge on any atom is -0.487 e. The molecule has 1 N–H and O–H groups in total. The van der Waals surface area contributed by atoms with Crippen LogP contribution in [0.4, 0.5) is 18.9 Å². The van der Waals surface area contributed by atoms with Crippen LogP contribution in [0.1, 0.15) is 37.7 Å².